The van der Waals surface area contributed by atoms with Gasteiger partial charge in [-0.1, -0.05) is 36.4 Å². The van der Waals surface area contributed by atoms with Crippen LogP contribution in [0.25, 0.3) is 0 Å². The maximum atomic E-state index is 9.19. The summed E-state index contributed by atoms with van der Waals surface area (Å²) in [5, 5.41) is 16.6. The molecule has 1 saturated heterocycles. The fourth-order valence-electron chi connectivity index (χ4n) is 3.64. The topological polar surface area (TPSA) is 57.1 Å². The molecule has 6 heteroatoms. The summed E-state index contributed by atoms with van der Waals surface area (Å²) in [4.78, 5) is 0. The van der Waals surface area contributed by atoms with Gasteiger partial charge in [-0.2, -0.15) is 5.26 Å². The van der Waals surface area contributed by atoms with Gasteiger partial charge in [-0.05, 0) is 49.6 Å². The Hall–Kier alpha value is -1.77. The summed E-state index contributed by atoms with van der Waals surface area (Å²) in [5.41, 5.74) is 3.46. The van der Waals surface area contributed by atoms with Gasteiger partial charge in [0.15, 0.2) is 0 Å². The Morgan fingerprint density at radius 2 is 1.96 bits per heavy atom. The van der Waals surface area contributed by atoms with Gasteiger partial charge in [0, 0.05) is 24.2 Å². The molecule has 1 heterocycles. The summed E-state index contributed by atoms with van der Waals surface area (Å²) in [6.45, 7) is 3.70. The van der Waals surface area contributed by atoms with E-state index >= 15 is 0 Å². The number of nitrogens with one attached hydrogen (secondary N) is 2. The Morgan fingerprint density at radius 3 is 2.64 bits per heavy atom. The van der Waals surface area contributed by atoms with Crippen LogP contribution in [0.15, 0.2) is 48.5 Å². The van der Waals surface area contributed by atoms with Gasteiger partial charge < -0.3 is 15.4 Å². The highest BCUT2D eigenvalue weighted by atomic mass is 35.5. The van der Waals surface area contributed by atoms with E-state index in [1.807, 2.05) is 19.1 Å². The van der Waals surface area contributed by atoms with Crippen LogP contribution in [0.1, 0.15) is 48.4 Å². The maximum absolute atomic E-state index is 9.19. The fourth-order valence-corrected chi connectivity index (χ4v) is 3.64. The average molecular weight is 422 g/mol. The van der Waals surface area contributed by atoms with Crippen molar-refractivity contribution in [2.45, 2.75) is 44.3 Å². The maximum Gasteiger partial charge on any atom is 0.123 e. The van der Waals surface area contributed by atoms with Gasteiger partial charge in [0.2, 0.25) is 0 Å². The van der Waals surface area contributed by atoms with E-state index in [0.717, 1.165) is 36.4 Å². The van der Waals surface area contributed by atoms with Crippen molar-refractivity contribution in [3.8, 4) is 11.8 Å². The molecular weight excluding hydrogens is 393 g/mol. The molecule has 0 bridgehead atoms. The lowest BCUT2D eigenvalue weighted by Gasteiger charge is -2.34. The Labute approximate surface area is 180 Å². The minimum atomic E-state index is -0.118. The SMILES string of the molecule is COc1ccc(C(C)C#N)cc1CN[C@H]1CCCN[C@H]1c1ccccc1.Cl.Cl. The smallest absolute Gasteiger partial charge is 0.123 e. The van der Waals surface area contributed by atoms with Gasteiger partial charge in [-0.15, -0.1) is 24.8 Å². The minimum Gasteiger partial charge on any atom is -0.496 e. The second kappa shape index (κ2) is 11.9. The number of nitriles is 1. The van der Waals surface area contributed by atoms with Crippen molar-refractivity contribution in [3.05, 3.63) is 65.2 Å². The van der Waals surface area contributed by atoms with Crippen molar-refractivity contribution < 1.29 is 4.74 Å². The van der Waals surface area contributed by atoms with Crippen molar-refractivity contribution in [1.82, 2.24) is 10.6 Å². The molecule has 152 valence electrons. The molecular formula is C22H29Cl2N3O. The lowest BCUT2D eigenvalue weighted by Crippen LogP contribution is -2.45. The predicted octanol–water partition coefficient (Wildman–Crippen LogP) is 4.75. The molecule has 1 aliphatic rings. The Morgan fingerprint density at radius 1 is 1.21 bits per heavy atom. The summed E-state index contributed by atoms with van der Waals surface area (Å²) in [5.74, 6) is 0.750. The van der Waals surface area contributed by atoms with E-state index in [2.05, 4.69) is 53.1 Å². The van der Waals surface area contributed by atoms with Crippen LogP contribution < -0.4 is 15.4 Å². The molecule has 28 heavy (non-hydrogen) atoms. The number of ether oxygens (including phenoxy) is 1. The molecule has 3 rings (SSSR count). The summed E-state index contributed by atoms with van der Waals surface area (Å²) in [7, 11) is 1.70. The monoisotopic (exact) mass is 421 g/mol. The number of benzene rings is 2. The highest BCUT2D eigenvalue weighted by Gasteiger charge is 2.25. The van der Waals surface area contributed by atoms with E-state index in [9.17, 15) is 5.26 Å². The van der Waals surface area contributed by atoms with E-state index in [4.69, 9.17) is 4.74 Å². The molecule has 4 nitrogen and oxygen atoms in total. The standard InChI is InChI=1S/C22H27N3O.2ClH/c1-16(14-23)18-10-11-21(26-2)19(13-18)15-25-20-9-6-12-24-22(20)17-7-4-3-5-8-17;;/h3-5,7-8,10-11,13,16,20,22,24-25H,6,9,12,15H2,1-2H3;2*1H/t16?,20-,22-;;/m0../s1. The van der Waals surface area contributed by atoms with Crippen LogP contribution in [-0.4, -0.2) is 19.7 Å². The van der Waals surface area contributed by atoms with Crippen molar-refractivity contribution >= 4 is 24.8 Å². The first-order chi connectivity index (χ1) is 12.7. The van der Waals surface area contributed by atoms with Crippen LogP contribution in [0.4, 0.5) is 0 Å². The Balaban J connectivity index is 0.00000196. The molecule has 0 spiro atoms. The number of methoxy groups -OCH3 is 1. The van der Waals surface area contributed by atoms with Gasteiger partial charge in [0.05, 0.1) is 19.1 Å². The van der Waals surface area contributed by atoms with E-state index in [0.29, 0.717) is 12.1 Å². The van der Waals surface area contributed by atoms with Crippen molar-refractivity contribution in [2.75, 3.05) is 13.7 Å². The highest BCUT2D eigenvalue weighted by molar-refractivity contribution is 5.85. The number of hydrogen-bond acceptors (Lipinski definition) is 4. The summed E-state index contributed by atoms with van der Waals surface area (Å²) in [6, 6.07) is 19.7. The van der Waals surface area contributed by atoms with Crippen LogP contribution in [0, 0.1) is 11.3 Å². The van der Waals surface area contributed by atoms with Crippen LogP contribution in [0.3, 0.4) is 0 Å². The second-order valence-electron chi connectivity index (χ2n) is 6.89. The molecule has 2 aromatic carbocycles. The molecule has 1 fully saturated rings. The van der Waals surface area contributed by atoms with Gasteiger partial charge in [0.1, 0.15) is 5.75 Å². The van der Waals surface area contributed by atoms with Crippen molar-refractivity contribution in [2.24, 2.45) is 0 Å². The van der Waals surface area contributed by atoms with Gasteiger partial charge in [-0.3, -0.25) is 0 Å². The number of piperidine rings is 1. The first-order valence-corrected chi connectivity index (χ1v) is 9.31. The Bertz CT molecular complexity index is 764. The second-order valence-corrected chi connectivity index (χ2v) is 6.89. The number of nitrogens with zero attached hydrogens (tertiary/aromatic N) is 1. The summed E-state index contributed by atoms with van der Waals surface area (Å²) < 4.78 is 5.53. The van der Waals surface area contributed by atoms with Gasteiger partial charge >= 0.3 is 0 Å². The molecule has 2 N–H and O–H groups in total. The third kappa shape index (κ3) is 5.86. The zero-order valence-corrected chi connectivity index (χ0v) is 18.0. The molecule has 0 amide bonds. The van der Waals surface area contributed by atoms with Crippen LogP contribution >= 0.6 is 24.8 Å². The van der Waals surface area contributed by atoms with Crippen LogP contribution in [-0.2, 0) is 6.54 Å². The third-order valence-electron chi connectivity index (χ3n) is 5.17. The predicted molar refractivity (Wildman–Crippen MR) is 119 cm³/mol. The number of hydrogen-bond donors (Lipinski definition) is 2. The molecule has 0 aromatic heterocycles. The number of rotatable bonds is 6. The van der Waals surface area contributed by atoms with Gasteiger partial charge in [-0.25, -0.2) is 0 Å². The third-order valence-corrected chi connectivity index (χ3v) is 5.17. The molecule has 2 aromatic rings. The quantitative estimate of drug-likeness (QED) is 0.706. The molecule has 0 saturated carbocycles. The normalized spacial score (nSPS) is 19.5. The lowest BCUT2D eigenvalue weighted by atomic mass is 9.92. The average Bonchev–Trinajstić information content (AvgIpc) is 2.72. The van der Waals surface area contributed by atoms with Crippen molar-refractivity contribution in [3.63, 3.8) is 0 Å². The minimum absolute atomic E-state index is 0. The highest BCUT2D eigenvalue weighted by Crippen LogP contribution is 2.27. The first-order valence-electron chi connectivity index (χ1n) is 9.31. The molecule has 0 aliphatic carbocycles. The molecule has 3 atom stereocenters. The summed E-state index contributed by atoms with van der Waals surface area (Å²) in [6.07, 6.45) is 2.31. The zero-order chi connectivity index (χ0) is 18.4. The lowest BCUT2D eigenvalue weighted by molar-refractivity contribution is 0.303. The molecule has 0 radical (unpaired) electrons. The van der Waals surface area contributed by atoms with E-state index < -0.39 is 0 Å². The summed E-state index contributed by atoms with van der Waals surface area (Å²) >= 11 is 0. The van der Waals surface area contributed by atoms with Crippen LogP contribution in [0.5, 0.6) is 5.75 Å². The van der Waals surface area contributed by atoms with Crippen molar-refractivity contribution in [1.29, 1.82) is 5.26 Å². The van der Waals surface area contributed by atoms with Gasteiger partial charge in [0.25, 0.3) is 0 Å². The van der Waals surface area contributed by atoms with E-state index in [1.165, 1.54) is 12.0 Å². The molecule has 1 aliphatic heterocycles. The number of halogens is 2. The largest absolute Gasteiger partial charge is 0.496 e. The fraction of sp³-hybridized carbons (Fsp3) is 0.409. The van der Waals surface area contributed by atoms with E-state index in [-0.39, 0.29) is 30.7 Å². The first kappa shape index (κ1) is 24.3. The Kier molecular flexibility index (Phi) is 10.3. The molecule has 1 unspecified atom stereocenters. The van der Waals surface area contributed by atoms with Crippen LogP contribution in [0.2, 0.25) is 0 Å². The zero-order valence-electron chi connectivity index (χ0n) is 16.4. The van der Waals surface area contributed by atoms with E-state index in [1.54, 1.807) is 7.11 Å².